The zero-order valence-corrected chi connectivity index (χ0v) is 24.5. The van der Waals surface area contributed by atoms with Crippen molar-refractivity contribution in [3.63, 3.8) is 0 Å². The van der Waals surface area contributed by atoms with Crippen molar-refractivity contribution in [3.8, 4) is 0 Å². The van der Waals surface area contributed by atoms with Gasteiger partial charge in [-0.1, -0.05) is 57.8 Å². The maximum atomic E-state index is 6.32. The Morgan fingerprint density at radius 3 is 1.62 bits per heavy atom. The number of hydrogen-bond donors (Lipinski definition) is 0. The van der Waals surface area contributed by atoms with Crippen molar-refractivity contribution >= 4 is 32.6 Å². The molecule has 8 heteroatoms. The van der Waals surface area contributed by atoms with Gasteiger partial charge in [0.2, 0.25) is 0 Å². The standard InChI is InChI=1S/C18H33O3P.C8H9N.2ClH.Ru/c1-4-10-16(11-5-1)19-22(20-17-12-6-2-7-13-17)21-18-14-8-3-9-15-18;1-2-5-8-6-3-4-7-9-8;;;/h16-18H,1-15H2;1,3-4,6-7H,2,5H2;2*1H;/q;;;;+2/p-2. The molecule has 196 valence electrons. The van der Waals surface area contributed by atoms with Crippen molar-refractivity contribution < 1.29 is 27.1 Å². The zero-order valence-electron chi connectivity index (χ0n) is 20.4. The van der Waals surface area contributed by atoms with Crippen molar-refractivity contribution in [2.75, 3.05) is 0 Å². The fraction of sp³-hybridized carbons (Fsp3) is 0.769. The van der Waals surface area contributed by atoms with E-state index in [-0.39, 0.29) is 0 Å². The molecule has 0 amide bonds. The molecule has 3 aliphatic carbocycles. The minimum atomic E-state index is -1.56. The van der Waals surface area contributed by atoms with Crippen LogP contribution in [0, 0.1) is 0 Å². The van der Waals surface area contributed by atoms with Crippen molar-refractivity contribution in [2.45, 2.75) is 127 Å². The SMILES string of the molecule is C1CCC(OP(OC2CCCCC2)OC2CCCCC2)CC1.[Cl][Ru]([Cl])=[CH]CCc1ccccn1. The topological polar surface area (TPSA) is 40.6 Å². The van der Waals surface area contributed by atoms with E-state index < -0.39 is 22.1 Å². The molecule has 3 fully saturated rings. The second-order valence-corrected chi connectivity index (χ2v) is 16.5. The molecule has 4 rings (SSSR count). The van der Waals surface area contributed by atoms with Gasteiger partial charge in [0.15, 0.2) is 0 Å². The predicted molar refractivity (Wildman–Crippen MR) is 141 cm³/mol. The van der Waals surface area contributed by atoms with Gasteiger partial charge >= 0.3 is 94.0 Å². The molecule has 0 aliphatic heterocycles. The Kier molecular flexibility index (Phi) is 15.3. The Labute approximate surface area is 221 Å². The van der Waals surface area contributed by atoms with Crippen LogP contribution in [0.15, 0.2) is 24.4 Å². The number of aryl methyl sites for hydroxylation is 1. The number of pyridine rings is 1. The second kappa shape index (κ2) is 17.9. The zero-order chi connectivity index (χ0) is 23.8. The molecule has 1 aromatic heterocycles. The van der Waals surface area contributed by atoms with Crippen molar-refractivity contribution in [1.82, 2.24) is 4.98 Å². The summed E-state index contributed by atoms with van der Waals surface area (Å²) in [5.74, 6) is 0. The Morgan fingerprint density at radius 2 is 1.24 bits per heavy atom. The van der Waals surface area contributed by atoms with Gasteiger partial charge in [-0.15, -0.1) is 0 Å². The van der Waals surface area contributed by atoms with Crippen LogP contribution in [-0.4, -0.2) is 27.9 Å². The summed E-state index contributed by atoms with van der Waals surface area (Å²) < 4.78 is 21.0. The van der Waals surface area contributed by atoms with E-state index in [4.69, 9.17) is 33.0 Å². The van der Waals surface area contributed by atoms with E-state index in [1.54, 1.807) is 6.20 Å². The van der Waals surface area contributed by atoms with Gasteiger partial charge in [0, 0.05) is 0 Å². The molecule has 0 unspecified atom stereocenters. The van der Waals surface area contributed by atoms with Crippen LogP contribution in [0.2, 0.25) is 0 Å². The van der Waals surface area contributed by atoms with Crippen LogP contribution in [0.25, 0.3) is 0 Å². The van der Waals surface area contributed by atoms with Crippen LogP contribution in [0.4, 0.5) is 0 Å². The average Bonchev–Trinajstić information content (AvgIpc) is 2.87. The summed E-state index contributed by atoms with van der Waals surface area (Å²) in [6, 6.07) is 5.90. The van der Waals surface area contributed by atoms with E-state index >= 15 is 0 Å². The van der Waals surface area contributed by atoms with Gasteiger partial charge in [-0.05, 0) is 38.5 Å². The van der Waals surface area contributed by atoms with Crippen LogP contribution in [0.1, 0.15) is 108 Å². The Balaban J connectivity index is 0.000000229. The number of hydrogen-bond acceptors (Lipinski definition) is 4. The monoisotopic (exact) mass is 619 g/mol. The molecule has 4 nitrogen and oxygen atoms in total. The molecular weight excluding hydrogens is 577 g/mol. The van der Waals surface area contributed by atoms with Gasteiger partial charge in [0.05, 0.1) is 18.3 Å². The predicted octanol–water partition coefficient (Wildman–Crippen LogP) is 9.00. The van der Waals surface area contributed by atoms with Gasteiger partial charge < -0.3 is 13.6 Å². The van der Waals surface area contributed by atoms with Crippen LogP contribution in [0.3, 0.4) is 0 Å². The van der Waals surface area contributed by atoms with Gasteiger partial charge in [0.25, 0.3) is 0 Å². The van der Waals surface area contributed by atoms with Gasteiger partial charge in [-0.3, -0.25) is 0 Å². The molecule has 3 aliphatic rings. The van der Waals surface area contributed by atoms with E-state index in [2.05, 4.69) is 4.98 Å². The number of rotatable bonds is 9. The number of aromatic nitrogens is 1. The molecule has 34 heavy (non-hydrogen) atoms. The third kappa shape index (κ3) is 12.7. The number of nitrogens with zero attached hydrogens (tertiary/aromatic N) is 1. The van der Waals surface area contributed by atoms with Crippen LogP contribution < -0.4 is 0 Å². The average molecular weight is 620 g/mol. The van der Waals surface area contributed by atoms with Gasteiger partial charge in [0.1, 0.15) is 0 Å². The first-order chi connectivity index (χ1) is 16.7. The maximum absolute atomic E-state index is 6.32. The molecule has 3 saturated carbocycles. The van der Waals surface area contributed by atoms with Crippen LogP contribution >= 0.6 is 28.0 Å². The van der Waals surface area contributed by atoms with Gasteiger partial charge in [-0.25, -0.2) is 0 Å². The van der Waals surface area contributed by atoms with Crippen molar-refractivity contribution in [2.24, 2.45) is 0 Å². The normalized spacial score (nSPS) is 21.1. The molecule has 1 heterocycles. The summed E-state index contributed by atoms with van der Waals surface area (Å²) in [6.45, 7) is 0. The Morgan fingerprint density at radius 1 is 0.765 bits per heavy atom. The first kappa shape index (κ1) is 29.1. The van der Waals surface area contributed by atoms with E-state index in [1.165, 1.54) is 96.3 Å². The van der Waals surface area contributed by atoms with Crippen molar-refractivity contribution in [1.29, 1.82) is 0 Å². The summed E-state index contributed by atoms with van der Waals surface area (Å²) in [5.41, 5.74) is 1.09. The summed E-state index contributed by atoms with van der Waals surface area (Å²) in [7, 11) is 10.2. The summed E-state index contributed by atoms with van der Waals surface area (Å²) in [6.07, 6.45) is 23.9. The summed E-state index contributed by atoms with van der Waals surface area (Å²) in [5, 5.41) is 0. The van der Waals surface area contributed by atoms with Crippen LogP contribution in [-0.2, 0) is 33.5 Å². The molecule has 0 radical (unpaired) electrons. The van der Waals surface area contributed by atoms with E-state index in [1.807, 2.05) is 22.8 Å². The Hall–Kier alpha value is 0.533. The Bertz CT molecular complexity index is 630. The third-order valence-electron chi connectivity index (χ3n) is 6.70. The van der Waals surface area contributed by atoms with E-state index in [0.717, 1.165) is 18.5 Å². The van der Waals surface area contributed by atoms with E-state index in [9.17, 15) is 0 Å². The van der Waals surface area contributed by atoms with Gasteiger partial charge in [-0.2, -0.15) is 0 Å². The summed E-state index contributed by atoms with van der Waals surface area (Å²) in [4.78, 5) is 4.19. The first-order valence-corrected chi connectivity index (χ1v) is 19.8. The molecule has 0 atom stereocenters. The van der Waals surface area contributed by atoms with E-state index in [0.29, 0.717) is 18.3 Å². The summed E-state index contributed by atoms with van der Waals surface area (Å²) >= 11 is -1.56. The molecule has 0 bridgehead atoms. The first-order valence-electron chi connectivity index (χ1n) is 13.2. The molecule has 0 N–H and O–H groups in total. The number of halogens is 2. The molecule has 1 aromatic rings. The molecular formula is C26H42Cl2NO3PRu. The molecule has 0 spiro atoms. The van der Waals surface area contributed by atoms with Crippen LogP contribution in [0.5, 0.6) is 0 Å². The second-order valence-electron chi connectivity index (χ2n) is 9.53. The third-order valence-corrected chi connectivity index (χ3v) is 10.4. The fourth-order valence-electron chi connectivity index (χ4n) is 4.77. The fourth-order valence-corrected chi connectivity index (χ4v) is 7.83. The quantitative estimate of drug-likeness (QED) is 0.204. The minimum absolute atomic E-state index is 0.382. The molecule has 0 aromatic carbocycles. The van der Waals surface area contributed by atoms with Crippen molar-refractivity contribution in [3.05, 3.63) is 30.1 Å². The molecule has 0 saturated heterocycles.